The highest BCUT2D eigenvalue weighted by Crippen LogP contribution is 2.38. The molecular formula is C31H32FN3O4. The Hall–Kier alpha value is -4.33. The maximum atomic E-state index is 14.0. The highest BCUT2D eigenvalue weighted by Gasteiger charge is 2.29. The third-order valence-corrected chi connectivity index (χ3v) is 7.49. The smallest absolute Gasteiger partial charge is 0.289 e. The monoisotopic (exact) mass is 529 g/mol. The van der Waals surface area contributed by atoms with Gasteiger partial charge >= 0.3 is 0 Å². The third kappa shape index (κ3) is 5.46. The Morgan fingerprint density at radius 2 is 1.85 bits per heavy atom. The Bertz CT molecular complexity index is 1420. The fourth-order valence-electron chi connectivity index (χ4n) is 5.14. The van der Waals surface area contributed by atoms with Crippen LogP contribution in [0.1, 0.15) is 29.5 Å². The molecule has 0 saturated carbocycles. The normalized spacial score (nSPS) is 15.6. The molecule has 0 aliphatic carbocycles. The van der Waals surface area contributed by atoms with E-state index in [9.17, 15) is 14.0 Å². The van der Waals surface area contributed by atoms with E-state index in [2.05, 4.69) is 18.0 Å². The van der Waals surface area contributed by atoms with Gasteiger partial charge in [0.25, 0.3) is 5.91 Å². The summed E-state index contributed by atoms with van der Waals surface area (Å²) in [6.45, 7) is 8.69. The van der Waals surface area contributed by atoms with Crippen LogP contribution >= 0.6 is 0 Å². The van der Waals surface area contributed by atoms with Gasteiger partial charge in [-0.15, -0.1) is 0 Å². The number of fused-ring (bicyclic) bond motifs is 1. The molecule has 0 spiro atoms. The van der Waals surface area contributed by atoms with Gasteiger partial charge in [-0.1, -0.05) is 30.4 Å². The van der Waals surface area contributed by atoms with Gasteiger partial charge in [0.15, 0.2) is 5.76 Å². The number of hydrogen-bond acceptors (Lipinski definition) is 5. The molecule has 2 amide bonds. The molecule has 202 valence electrons. The molecule has 1 fully saturated rings. The van der Waals surface area contributed by atoms with Gasteiger partial charge in [0.2, 0.25) is 5.91 Å². The minimum atomic E-state index is -0.354. The average Bonchev–Trinajstić information content (AvgIpc) is 3.51. The highest BCUT2D eigenvalue weighted by atomic mass is 19.1. The van der Waals surface area contributed by atoms with E-state index in [-0.39, 0.29) is 23.5 Å². The molecule has 7 nitrogen and oxygen atoms in total. The van der Waals surface area contributed by atoms with Crippen molar-refractivity contribution >= 4 is 23.1 Å². The summed E-state index contributed by atoms with van der Waals surface area (Å²) in [5, 5.41) is 3.40. The van der Waals surface area contributed by atoms with E-state index in [1.54, 1.807) is 30.2 Å². The number of carbonyl (C=O) groups is 2. The summed E-state index contributed by atoms with van der Waals surface area (Å²) >= 11 is 0. The summed E-state index contributed by atoms with van der Waals surface area (Å²) in [6.07, 6.45) is 4.17. The van der Waals surface area contributed by atoms with Crippen LogP contribution in [-0.2, 0) is 4.79 Å². The van der Waals surface area contributed by atoms with Gasteiger partial charge in [-0.2, -0.15) is 0 Å². The van der Waals surface area contributed by atoms with Gasteiger partial charge in [-0.3, -0.25) is 9.59 Å². The van der Waals surface area contributed by atoms with E-state index in [4.69, 9.17) is 9.15 Å². The van der Waals surface area contributed by atoms with Crippen LogP contribution in [0.15, 0.2) is 77.4 Å². The summed E-state index contributed by atoms with van der Waals surface area (Å²) in [7, 11) is 1.57. The van der Waals surface area contributed by atoms with Gasteiger partial charge < -0.3 is 24.3 Å². The van der Waals surface area contributed by atoms with Crippen LogP contribution in [0.3, 0.4) is 0 Å². The van der Waals surface area contributed by atoms with Gasteiger partial charge in [0.05, 0.1) is 19.3 Å². The Kier molecular flexibility index (Phi) is 7.54. The van der Waals surface area contributed by atoms with Crippen LogP contribution in [-0.4, -0.2) is 61.4 Å². The van der Waals surface area contributed by atoms with Crippen molar-refractivity contribution in [1.29, 1.82) is 0 Å². The first kappa shape index (κ1) is 26.3. The standard InChI is InChI=1S/C31H32FN3O4/c1-20(21(2)30(36)34-12-14-35(15-13-34)31(37)29-5-4-16-39-29)17-23-10-11-33-27-18-22(6-8-25(23)27)26-19-24(32)7-9-28(26)38-3/h4-10,16,18-19,21,33H,1,11-15,17H2,2-3H3/t21-/m0/s1. The van der Waals surface area contributed by atoms with E-state index < -0.39 is 0 Å². The van der Waals surface area contributed by atoms with Crippen molar-refractivity contribution < 1.29 is 23.1 Å². The SMILES string of the molecule is C=C(CC1=CCNc2cc(-c3cc(F)ccc3OC)ccc21)[C@H](C)C(=O)N1CCN(C(=O)c2ccco2)CC1. The lowest BCUT2D eigenvalue weighted by Crippen LogP contribution is -2.51. The number of nitrogens with zero attached hydrogens (tertiary/aromatic N) is 2. The molecule has 0 bridgehead atoms. The van der Waals surface area contributed by atoms with Crippen molar-refractivity contribution in [3.63, 3.8) is 0 Å². The van der Waals surface area contributed by atoms with Crippen LogP contribution in [0.5, 0.6) is 5.75 Å². The van der Waals surface area contributed by atoms with Gasteiger partial charge in [0.1, 0.15) is 11.6 Å². The van der Waals surface area contributed by atoms with E-state index >= 15 is 0 Å². The molecule has 1 atom stereocenters. The molecule has 39 heavy (non-hydrogen) atoms. The molecular weight excluding hydrogens is 497 g/mol. The van der Waals surface area contributed by atoms with Crippen molar-refractivity contribution in [2.24, 2.45) is 5.92 Å². The predicted octanol–water partition coefficient (Wildman–Crippen LogP) is 5.47. The van der Waals surface area contributed by atoms with Gasteiger partial charge in [-0.05, 0) is 60.9 Å². The van der Waals surface area contributed by atoms with E-state index in [1.165, 1.54) is 18.4 Å². The first-order valence-corrected chi connectivity index (χ1v) is 13.1. The molecule has 3 aromatic rings. The fraction of sp³-hybridized carbons (Fsp3) is 0.290. The van der Waals surface area contributed by atoms with Crippen molar-refractivity contribution in [2.75, 3.05) is 45.2 Å². The number of rotatable bonds is 7. The molecule has 0 radical (unpaired) electrons. The summed E-state index contributed by atoms with van der Waals surface area (Å²) in [6, 6.07) is 13.8. The number of allylic oxidation sites excluding steroid dienone is 1. The quantitative estimate of drug-likeness (QED) is 0.411. The zero-order chi connectivity index (χ0) is 27.5. The molecule has 3 heterocycles. The maximum Gasteiger partial charge on any atom is 0.289 e. The van der Waals surface area contributed by atoms with Crippen molar-refractivity contribution in [3.8, 4) is 16.9 Å². The largest absolute Gasteiger partial charge is 0.496 e. The number of furan rings is 1. The Labute approximate surface area is 227 Å². The fourth-order valence-corrected chi connectivity index (χ4v) is 5.14. The zero-order valence-corrected chi connectivity index (χ0v) is 22.2. The number of amides is 2. The molecule has 8 heteroatoms. The first-order valence-electron chi connectivity index (χ1n) is 13.1. The topological polar surface area (TPSA) is 75.0 Å². The number of methoxy groups -OCH3 is 1. The zero-order valence-electron chi connectivity index (χ0n) is 22.2. The number of piperazine rings is 1. The number of anilines is 1. The third-order valence-electron chi connectivity index (χ3n) is 7.49. The van der Waals surface area contributed by atoms with Gasteiger partial charge in [-0.25, -0.2) is 4.39 Å². The van der Waals surface area contributed by atoms with E-state index in [0.29, 0.717) is 56.2 Å². The van der Waals surface area contributed by atoms with Gasteiger partial charge in [0, 0.05) is 49.5 Å². The van der Waals surface area contributed by atoms with Crippen LogP contribution in [0, 0.1) is 11.7 Å². The van der Waals surface area contributed by atoms with E-state index in [0.717, 1.165) is 28.0 Å². The first-order chi connectivity index (χ1) is 18.9. The summed E-state index contributed by atoms with van der Waals surface area (Å²) in [5.74, 6) is 0.113. The number of benzene rings is 2. The number of carbonyl (C=O) groups excluding carboxylic acids is 2. The average molecular weight is 530 g/mol. The van der Waals surface area contributed by atoms with E-state index in [1.807, 2.05) is 30.0 Å². The molecule has 5 rings (SSSR count). The number of nitrogens with one attached hydrogen (secondary N) is 1. The highest BCUT2D eigenvalue weighted by molar-refractivity contribution is 5.92. The number of hydrogen-bond donors (Lipinski definition) is 1. The number of halogens is 1. The second-order valence-electron chi connectivity index (χ2n) is 9.87. The lowest BCUT2D eigenvalue weighted by molar-refractivity contribution is -0.135. The molecule has 0 unspecified atom stereocenters. The molecule has 1 saturated heterocycles. The molecule has 2 aliphatic heterocycles. The Balaban J connectivity index is 1.23. The van der Waals surface area contributed by atoms with Crippen molar-refractivity contribution in [2.45, 2.75) is 13.3 Å². The summed E-state index contributed by atoms with van der Waals surface area (Å²) in [4.78, 5) is 29.3. The molecule has 1 aromatic heterocycles. The van der Waals surface area contributed by atoms with Crippen molar-refractivity contribution in [1.82, 2.24) is 9.80 Å². The maximum absolute atomic E-state index is 14.0. The summed E-state index contributed by atoms with van der Waals surface area (Å²) in [5.41, 5.74) is 5.45. The van der Waals surface area contributed by atoms with Crippen LogP contribution in [0.4, 0.5) is 10.1 Å². The van der Waals surface area contributed by atoms with Crippen LogP contribution in [0.25, 0.3) is 16.7 Å². The molecule has 2 aromatic carbocycles. The number of ether oxygens (including phenoxy) is 1. The molecule has 2 aliphatic rings. The minimum Gasteiger partial charge on any atom is -0.496 e. The predicted molar refractivity (Wildman–Crippen MR) is 149 cm³/mol. The second-order valence-corrected chi connectivity index (χ2v) is 9.87. The lowest BCUT2D eigenvalue weighted by atomic mass is 9.88. The molecule has 1 N–H and O–H groups in total. The Morgan fingerprint density at radius 3 is 2.56 bits per heavy atom. The lowest BCUT2D eigenvalue weighted by Gasteiger charge is -2.36. The second kappa shape index (κ2) is 11.2. The minimum absolute atomic E-state index is 0.0217. The van der Waals surface area contributed by atoms with Crippen molar-refractivity contribution in [3.05, 3.63) is 90.2 Å². The van der Waals surface area contributed by atoms with Crippen LogP contribution in [0.2, 0.25) is 0 Å². The van der Waals surface area contributed by atoms with Crippen LogP contribution < -0.4 is 10.1 Å². The Morgan fingerprint density at radius 1 is 1.08 bits per heavy atom. The summed E-state index contributed by atoms with van der Waals surface area (Å²) < 4.78 is 24.6.